The fourth-order valence-electron chi connectivity index (χ4n) is 5.79. The molecule has 2 aliphatic heterocycles. The molecule has 230 valence electrons. The van der Waals surface area contributed by atoms with Crippen molar-refractivity contribution in [3.8, 4) is 5.75 Å². The highest BCUT2D eigenvalue weighted by molar-refractivity contribution is 7.88. The number of halogens is 3. The fourth-order valence-corrected chi connectivity index (χ4v) is 6.27. The molecule has 2 heterocycles. The summed E-state index contributed by atoms with van der Waals surface area (Å²) in [4.78, 5) is 27.1. The third-order valence-electron chi connectivity index (χ3n) is 7.65. The van der Waals surface area contributed by atoms with Gasteiger partial charge >= 0.3 is 21.7 Å². The van der Waals surface area contributed by atoms with E-state index in [0.717, 1.165) is 0 Å². The zero-order valence-electron chi connectivity index (χ0n) is 23.4. The number of hydrogen-bond donors (Lipinski definition) is 1. The summed E-state index contributed by atoms with van der Waals surface area (Å²) in [6.45, 7) is 6.08. The molecule has 3 fully saturated rings. The van der Waals surface area contributed by atoms with Crippen LogP contribution in [0.25, 0.3) is 0 Å². The third kappa shape index (κ3) is 7.44. The van der Waals surface area contributed by atoms with Crippen molar-refractivity contribution in [2.75, 3.05) is 26.4 Å². The summed E-state index contributed by atoms with van der Waals surface area (Å²) < 4.78 is 83.9. The molecule has 0 radical (unpaired) electrons. The quantitative estimate of drug-likeness (QED) is 0.377. The number of hydrogen-bond acceptors (Lipinski definition) is 8. The van der Waals surface area contributed by atoms with Crippen LogP contribution in [0.5, 0.6) is 5.75 Å². The summed E-state index contributed by atoms with van der Waals surface area (Å²) in [7, 11) is -5.79. The lowest BCUT2D eigenvalue weighted by Gasteiger charge is -2.51. The molecule has 41 heavy (non-hydrogen) atoms. The number of piperidine rings is 1. The highest BCUT2D eigenvalue weighted by Gasteiger charge is 2.51. The van der Waals surface area contributed by atoms with Gasteiger partial charge in [0.2, 0.25) is 5.91 Å². The number of likely N-dealkylation sites (tertiary alicyclic amines) is 1. The first-order valence-corrected chi connectivity index (χ1v) is 15.1. The van der Waals surface area contributed by atoms with Crippen LogP contribution in [0, 0.1) is 0 Å². The number of para-hydroxylation sites is 1. The molecule has 1 spiro atoms. The van der Waals surface area contributed by atoms with Crippen LogP contribution < -0.4 is 9.50 Å². The Morgan fingerprint density at radius 2 is 1.83 bits per heavy atom. The molecular formula is C27H37F3N2O8S. The predicted octanol–water partition coefficient (Wildman–Crippen LogP) is 4.24. The second-order valence-corrected chi connectivity index (χ2v) is 13.4. The van der Waals surface area contributed by atoms with Gasteiger partial charge in [0.1, 0.15) is 18.0 Å². The zero-order valence-corrected chi connectivity index (χ0v) is 24.2. The minimum Gasteiger partial charge on any atom is -0.444 e. The molecule has 2 saturated heterocycles. The van der Waals surface area contributed by atoms with Crippen molar-refractivity contribution in [3.63, 3.8) is 0 Å². The number of alkyl halides is 3. The van der Waals surface area contributed by atoms with Crippen LogP contribution in [0.4, 0.5) is 18.0 Å². The maximum atomic E-state index is 13.1. The first kappa shape index (κ1) is 31.4. The molecule has 1 aromatic rings. The van der Waals surface area contributed by atoms with E-state index in [2.05, 4.69) is 9.50 Å². The highest BCUT2D eigenvalue weighted by atomic mass is 32.2. The Labute approximate surface area is 237 Å². The molecule has 2 amide bonds. The predicted molar refractivity (Wildman–Crippen MR) is 141 cm³/mol. The molecule has 1 aromatic carbocycles. The van der Waals surface area contributed by atoms with Crippen LogP contribution in [-0.4, -0.2) is 80.5 Å². The second-order valence-electron chi connectivity index (χ2n) is 11.8. The molecule has 2 atom stereocenters. The van der Waals surface area contributed by atoms with Gasteiger partial charge in [0.05, 0.1) is 30.9 Å². The number of ether oxygens (including phenoxy) is 3. The summed E-state index contributed by atoms with van der Waals surface area (Å²) in [6.07, 6.45) is 2.72. The van der Waals surface area contributed by atoms with Gasteiger partial charge in [-0.2, -0.15) is 21.6 Å². The number of morpholine rings is 1. The Bertz CT molecular complexity index is 1210. The lowest BCUT2D eigenvalue weighted by Crippen LogP contribution is -2.72. The first-order valence-electron chi connectivity index (χ1n) is 13.7. The largest absolute Gasteiger partial charge is 0.534 e. The van der Waals surface area contributed by atoms with Gasteiger partial charge in [-0.3, -0.25) is 4.79 Å². The van der Waals surface area contributed by atoms with Crippen LogP contribution in [0.1, 0.15) is 70.8 Å². The van der Waals surface area contributed by atoms with Crippen LogP contribution in [-0.2, 0) is 29.1 Å². The molecule has 1 saturated carbocycles. The Morgan fingerprint density at radius 1 is 1.15 bits per heavy atom. The van der Waals surface area contributed by atoms with Gasteiger partial charge < -0.3 is 28.6 Å². The van der Waals surface area contributed by atoms with Gasteiger partial charge in [0.25, 0.3) is 0 Å². The van der Waals surface area contributed by atoms with E-state index in [1.165, 1.54) is 12.1 Å². The SMILES string of the molecule is CC(C)(C)OC(=O)N1CCCC2(COCC(=O)N2)C1COC1CCC(c2ccccc2OS(=O)(=O)C(F)(F)F)CC1. The fraction of sp³-hybridized carbons (Fsp3) is 0.704. The minimum atomic E-state index is -5.79. The summed E-state index contributed by atoms with van der Waals surface area (Å²) in [6, 6.07) is 5.30. The molecule has 4 rings (SSSR count). The Morgan fingerprint density at radius 3 is 2.46 bits per heavy atom. The van der Waals surface area contributed by atoms with E-state index in [4.69, 9.17) is 14.2 Å². The minimum absolute atomic E-state index is 0.0543. The number of nitrogens with one attached hydrogen (secondary N) is 1. The van der Waals surface area contributed by atoms with E-state index in [-0.39, 0.29) is 43.5 Å². The van der Waals surface area contributed by atoms with E-state index in [1.807, 2.05) is 0 Å². The summed E-state index contributed by atoms with van der Waals surface area (Å²) in [5.41, 5.74) is -6.67. The molecule has 2 unspecified atom stereocenters. The van der Waals surface area contributed by atoms with Crippen LogP contribution in [0.3, 0.4) is 0 Å². The molecule has 1 aliphatic carbocycles. The molecule has 0 aromatic heterocycles. The average molecular weight is 607 g/mol. The smallest absolute Gasteiger partial charge is 0.444 e. The molecule has 0 bridgehead atoms. The highest BCUT2D eigenvalue weighted by Crippen LogP contribution is 2.40. The topological polar surface area (TPSA) is 120 Å². The first-order chi connectivity index (χ1) is 19.1. The van der Waals surface area contributed by atoms with Crippen LogP contribution in [0.15, 0.2) is 24.3 Å². The van der Waals surface area contributed by atoms with Gasteiger partial charge in [0, 0.05) is 6.54 Å². The lowest BCUT2D eigenvalue weighted by atomic mass is 9.80. The van der Waals surface area contributed by atoms with Crippen LogP contribution >= 0.6 is 0 Å². The standard InChI is InChI=1S/C27H37F3N2O8S/c1-25(2,3)39-24(34)32-14-6-13-26(17-37-16-23(33)31-26)22(32)15-38-19-11-9-18(10-12-19)20-7-4-5-8-21(20)40-41(35,36)27(28,29)30/h4-5,7-8,18-19,22H,6,9-17H2,1-3H3,(H,31,33). The molecule has 10 nitrogen and oxygen atoms in total. The van der Waals surface area contributed by atoms with E-state index >= 15 is 0 Å². The number of carbonyl (C=O) groups excluding carboxylic acids is 2. The van der Waals surface area contributed by atoms with Gasteiger partial charge in [-0.1, -0.05) is 18.2 Å². The van der Waals surface area contributed by atoms with Crippen molar-refractivity contribution in [2.24, 2.45) is 0 Å². The van der Waals surface area contributed by atoms with Crippen molar-refractivity contribution in [1.82, 2.24) is 10.2 Å². The van der Waals surface area contributed by atoms with Gasteiger partial charge in [-0.25, -0.2) is 4.79 Å². The second kappa shape index (κ2) is 12.0. The maximum Gasteiger partial charge on any atom is 0.534 e. The summed E-state index contributed by atoms with van der Waals surface area (Å²) in [5.74, 6) is -0.819. The number of carbonyl (C=O) groups is 2. The average Bonchev–Trinajstić information content (AvgIpc) is 2.87. The number of amides is 2. The lowest BCUT2D eigenvalue weighted by molar-refractivity contribution is -0.144. The van der Waals surface area contributed by atoms with E-state index in [0.29, 0.717) is 50.6 Å². The summed E-state index contributed by atoms with van der Waals surface area (Å²) >= 11 is 0. The zero-order chi connectivity index (χ0) is 30.1. The Balaban J connectivity index is 1.43. The number of nitrogens with zero attached hydrogens (tertiary/aromatic N) is 1. The third-order valence-corrected chi connectivity index (χ3v) is 8.62. The Kier molecular flexibility index (Phi) is 9.15. The van der Waals surface area contributed by atoms with Crippen molar-refractivity contribution in [2.45, 2.75) is 94.0 Å². The Hall–Kier alpha value is -2.58. The van der Waals surface area contributed by atoms with Crippen molar-refractivity contribution < 1.29 is 49.6 Å². The summed E-state index contributed by atoms with van der Waals surface area (Å²) in [5, 5.41) is 3.04. The molecular weight excluding hydrogens is 569 g/mol. The van der Waals surface area contributed by atoms with Gasteiger partial charge in [-0.15, -0.1) is 0 Å². The monoisotopic (exact) mass is 606 g/mol. The van der Waals surface area contributed by atoms with Crippen molar-refractivity contribution in [1.29, 1.82) is 0 Å². The molecule has 1 N–H and O–H groups in total. The molecule has 3 aliphatic rings. The normalized spacial score (nSPS) is 27.8. The number of rotatable bonds is 6. The van der Waals surface area contributed by atoms with E-state index in [9.17, 15) is 31.2 Å². The van der Waals surface area contributed by atoms with E-state index < -0.39 is 38.9 Å². The van der Waals surface area contributed by atoms with Gasteiger partial charge in [-0.05, 0) is 76.8 Å². The van der Waals surface area contributed by atoms with Gasteiger partial charge in [0.15, 0.2) is 0 Å². The number of benzene rings is 1. The van der Waals surface area contributed by atoms with Crippen molar-refractivity contribution >= 4 is 22.1 Å². The van der Waals surface area contributed by atoms with E-state index in [1.54, 1.807) is 37.8 Å². The van der Waals surface area contributed by atoms with Crippen LogP contribution in [0.2, 0.25) is 0 Å². The molecule has 14 heteroatoms. The maximum absolute atomic E-state index is 13.1. The van der Waals surface area contributed by atoms with Crippen molar-refractivity contribution in [3.05, 3.63) is 29.8 Å².